The van der Waals surface area contributed by atoms with Crippen LogP contribution in [-0.4, -0.2) is 9.13 Å². The summed E-state index contributed by atoms with van der Waals surface area (Å²) >= 11 is 0. The molecule has 0 radical (unpaired) electrons. The predicted octanol–water partition coefficient (Wildman–Crippen LogP) is 13.2. The number of nitrogens with zero attached hydrogens (tertiary/aromatic N) is 2. The van der Waals surface area contributed by atoms with Crippen LogP contribution in [0.2, 0.25) is 0 Å². The lowest BCUT2D eigenvalue weighted by molar-refractivity contribution is 0.669. The van der Waals surface area contributed by atoms with Gasteiger partial charge in [0.1, 0.15) is 11.2 Å². The maximum absolute atomic E-state index is 6.31. The molecule has 3 nitrogen and oxygen atoms in total. The van der Waals surface area contributed by atoms with E-state index in [4.69, 9.17) is 4.42 Å². The van der Waals surface area contributed by atoms with Gasteiger partial charge in [0.15, 0.2) is 0 Å². The van der Waals surface area contributed by atoms with Crippen molar-refractivity contribution in [1.29, 1.82) is 0 Å². The molecule has 0 bridgehead atoms. The number of rotatable bonds is 3. The van der Waals surface area contributed by atoms with E-state index in [2.05, 4.69) is 179 Å². The summed E-state index contributed by atoms with van der Waals surface area (Å²) < 4.78 is 11.1. The van der Waals surface area contributed by atoms with E-state index < -0.39 is 0 Å². The fourth-order valence-electron chi connectivity index (χ4n) is 8.88. The average molecular weight is 649 g/mol. The van der Waals surface area contributed by atoms with Gasteiger partial charge in [0.25, 0.3) is 0 Å². The summed E-state index contributed by atoms with van der Waals surface area (Å²) in [6.45, 7) is 0. The molecule has 0 atom stereocenters. The maximum atomic E-state index is 6.31. The summed E-state index contributed by atoms with van der Waals surface area (Å²) in [7, 11) is 0. The van der Waals surface area contributed by atoms with Gasteiger partial charge in [-0.1, -0.05) is 97.1 Å². The minimum absolute atomic E-state index is 0.943. The molecular weight excluding hydrogens is 621 g/mol. The summed E-state index contributed by atoms with van der Waals surface area (Å²) in [6.07, 6.45) is 0. The lowest BCUT2D eigenvalue weighted by Crippen LogP contribution is -1.94. The average Bonchev–Trinajstić information content (AvgIpc) is 3.85. The second kappa shape index (κ2) is 9.87. The molecule has 0 aliphatic heterocycles. The summed E-state index contributed by atoms with van der Waals surface area (Å²) in [4.78, 5) is 0. The zero-order chi connectivity index (χ0) is 33.2. The first kappa shape index (κ1) is 27.0. The molecule has 12 aromatic rings. The van der Waals surface area contributed by atoms with E-state index >= 15 is 0 Å². The first-order valence-corrected chi connectivity index (χ1v) is 17.5. The van der Waals surface area contributed by atoms with Crippen molar-refractivity contribution in [1.82, 2.24) is 9.13 Å². The van der Waals surface area contributed by atoms with Gasteiger partial charge in [0, 0.05) is 43.7 Å². The normalized spacial score (nSPS) is 12.3. The van der Waals surface area contributed by atoms with Gasteiger partial charge in [0.05, 0.1) is 22.1 Å². The Hall–Kier alpha value is -6.84. The number of para-hydroxylation sites is 3. The molecule has 0 spiro atoms. The van der Waals surface area contributed by atoms with E-state index in [1.54, 1.807) is 0 Å². The lowest BCUT2D eigenvalue weighted by atomic mass is 9.94. The Labute approximate surface area is 292 Å². The van der Waals surface area contributed by atoms with Crippen LogP contribution in [0, 0.1) is 0 Å². The molecule has 236 valence electrons. The van der Waals surface area contributed by atoms with Crippen LogP contribution in [0.3, 0.4) is 0 Å². The Kier molecular flexibility index (Phi) is 5.23. The van der Waals surface area contributed by atoms with Crippen molar-refractivity contribution in [2.75, 3.05) is 0 Å². The highest BCUT2D eigenvalue weighted by molar-refractivity contribution is 6.33. The molecule has 0 saturated heterocycles. The summed E-state index contributed by atoms with van der Waals surface area (Å²) in [5.41, 5.74) is 11.5. The Bertz CT molecular complexity index is 3360. The standard InChI is InChI=1S/C48H28N2O/c1-2-10-31(11-3-1)49-41-16-6-4-12-34(41)39-26-29(20-24-43(39)49)30-21-25-44-40(27-30)35-13-5-7-17-42(35)50(44)32-22-23-33-36-14-8-18-45-47(36)48-37(38(33)28-32)15-9-19-46(48)51-45/h1-28H. The molecule has 12 rings (SSSR count). The third kappa shape index (κ3) is 3.62. The van der Waals surface area contributed by atoms with Gasteiger partial charge >= 0.3 is 0 Å². The van der Waals surface area contributed by atoms with Gasteiger partial charge in [-0.05, 0) is 105 Å². The number of furan rings is 1. The molecule has 0 aliphatic carbocycles. The molecule has 0 fully saturated rings. The van der Waals surface area contributed by atoms with E-state index in [0.29, 0.717) is 0 Å². The number of hydrogen-bond donors (Lipinski definition) is 0. The van der Waals surface area contributed by atoms with Crippen molar-refractivity contribution in [3.05, 3.63) is 170 Å². The van der Waals surface area contributed by atoms with Crippen LogP contribution in [0.5, 0.6) is 0 Å². The van der Waals surface area contributed by atoms with Crippen molar-refractivity contribution in [3.8, 4) is 22.5 Å². The van der Waals surface area contributed by atoms with E-state index in [1.807, 2.05) is 0 Å². The molecule has 9 aromatic carbocycles. The Morgan fingerprint density at radius 3 is 1.43 bits per heavy atom. The fourth-order valence-corrected chi connectivity index (χ4v) is 8.88. The lowest BCUT2D eigenvalue weighted by Gasteiger charge is -2.13. The highest BCUT2D eigenvalue weighted by atomic mass is 16.3. The zero-order valence-corrected chi connectivity index (χ0v) is 27.5. The first-order valence-electron chi connectivity index (χ1n) is 17.5. The molecule has 51 heavy (non-hydrogen) atoms. The number of fused-ring (bicyclic) bond motifs is 9. The summed E-state index contributed by atoms with van der Waals surface area (Å²) in [5, 5.41) is 12.4. The Morgan fingerprint density at radius 2 is 0.804 bits per heavy atom. The molecule has 0 aliphatic rings. The third-order valence-corrected chi connectivity index (χ3v) is 11.1. The van der Waals surface area contributed by atoms with Crippen LogP contribution in [0.4, 0.5) is 0 Å². The molecule has 3 heterocycles. The number of benzene rings is 9. The highest BCUT2D eigenvalue weighted by Gasteiger charge is 2.19. The number of aromatic nitrogens is 2. The van der Waals surface area contributed by atoms with Crippen molar-refractivity contribution >= 4 is 87.1 Å². The molecular formula is C48H28N2O. The smallest absolute Gasteiger partial charge is 0.136 e. The maximum Gasteiger partial charge on any atom is 0.136 e. The van der Waals surface area contributed by atoms with E-state index in [9.17, 15) is 0 Å². The quantitative estimate of drug-likeness (QED) is 0.175. The van der Waals surface area contributed by atoms with Crippen LogP contribution in [0.15, 0.2) is 174 Å². The van der Waals surface area contributed by atoms with Crippen molar-refractivity contribution in [2.24, 2.45) is 0 Å². The van der Waals surface area contributed by atoms with Crippen LogP contribution in [-0.2, 0) is 0 Å². The van der Waals surface area contributed by atoms with Crippen molar-refractivity contribution < 1.29 is 4.42 Å². The van der Waals surface area contributed by atoms with Gasteiger partial charge in [-0.2, -0.15) is 0 Å². The Balaban J connectivity index is 1.07. The highest BCUT2D eigenvalue weighted by Crippen LogP contribution is 2.44. The Morgan fingerprint density at radius 1 is 0.294 bits per heavy atom. The van der Waals surface area contributed by atoms with Gasteiger partial charge in [-0.25, -0.2) is 0 Å². The van der Waals surface area contributed by atoms with Crippen LogP contribution >= 0.6 is 0 Å². The van der Waals surface area contributed by atoms with Gasteiger partial charge in [0.2, 0.25) is 0 Å². The minimum Gasteiger partial charge on any atom is -0.456 e. The second-order valence-electron chi connectivity index (χ2n) is 13.7. The van der Waals surface area contributed by atoms with Crippen molar-refractivity contribution in [3.63, 3.8) is 0 Å². The van der Waals surface area contributed by atoms with E-state index in [1.165, 1.54) is 92.7 Å². The monoisotopic (exact) mass is 648 g/mol. The second-order valence-corrected chi connectivity index (χ2v) is 13.7. The first-order chi connectivity index (χ1) is 25.3. The molecule has 0 N–H and O–H groups in total. The molecule has 0 amide bonds. The van der Waals surface area contributed by atoms with Gasteiger partial charge < -0.3 is 13.6 Å². The molecule has 3 aromatic heterocycles. The molecule has 3 heteroatoms. The SMILES string of the molecule is c1ccc(-n2c3ccccc3c3cc(-c4ccc5c(c4)c4ccccc4n5-c4ccc5c(c4)c4cccc6oc7cccc5c7c64)ccc32)cc1. The van der Waals surface area contributed by atoms with Crippen LogP contribution < -0.4 is 0 Å². The topological polar surface area (TPSA) is 23.0 Å². The van der Waals surface area contributed by atoms with Crippen LogP contribution in [0.1, 0.15) is 0 Å². The largest absolute Gasteiger partial charge is 0.456 e. The van der Waals surface area contributed by atoms with Gasteiger partial charge in [-0.15, -0.1) is 0 Å². The zero-order valence-electron chi connectivity index (χ0n) is 27.5. The number of hydrogen-bond acceptors (Lipinski definition) is 1. The van der Waals surface area contributed by atoms with Crippen LogP contribution in [0.25, 0.3) is 110 Å². The molecule has 0 unspecified atom stereocenters. The summed E-state index contributed by atoms with van der Waals surface area (Å²) in [6, 6.07) is 61.9. The van der Waals surface area contributed by atoms with E-state index in [-0.39, 0.29) is 0 Å². The predicted molar refractivity (Wildman–Crippen MR) is 214 cm³/mol. The van der Waals surface area contributed by atoms with E-state index in [0.717, 1.165) is 16.9 Å². The third-order valence-electron chi connectivity index (χ3n) is 11.1. The molecule has 0 saturated carbocycles. The van der Waals surface area contributed by atoms with Gasteiger partial charge in [-0.3, -0.25) is 0 Å². The minimum atomic E-state index is 0.943. The fraction of sp³-hybridized carbons (Fsp3) is 0. The van der Waals surface area contributed by atoms with Crippen molar-refractivity contribution in [2.45, 2.75) is 0 Å². The summed E-state index contributed by atoms with van der Waals surface area (Å²) in [5.74, 6) is 0.